The molecule has 1 spiro atoms. The molecule has 1 N–H and O–H groups in total. The maximum atomic E-state index is 13.8. The number of ketones is 1. The van der Waals surface area contributed by atoms with Gasteiger partial charge in [0, 0.05) is 42.3 Å². The molecule has 0 atom stereocenters. The van der Waals surface area contributed by atoms with Crippen LogP contribution in [0.2, 0.25) is 0 Å². The Kier molecular flexibility index (Phi) is 5.81. The van der Waals surface area contributed by atoms with Gasteiger partial charge in [0.2, 0.25) is 5.91 Å². The molecule has 33 heavy (non-hydrogen) atoms. The third kappa shape index (κ3) is 4.20. The molecule has 0 unspecified atom stereocenters. The second-order valence-electron chi connectivity index (χ2n) is 8.89. The van der Waals surface area contributed by atoms with Crippen LogP contribution in [0, 0.1) is 5.82 Å². The molecule has 170 valence electrons. The predicted molar refractivity (Wildman–Crippen MR) is 126 cm³/mol. The van der Waals surface area contributed by atoms with E-state index in [1.807, 2.05) is 41.3 Å². The van der Waals surface area contributed by atoms with Gasteiger partial charge in [0.15, 0.2) is 5.78 Å². The highest BCUT2D eigenvalue weighted by Crippen LogP contribution is 2.36. The van der Waals surface area contributed by atoms with Crippen molar-refractivity contribution in [2.45, 2.75) is 31.2 Å². The first-order chi connectivity index (χ1) is 16.0. The summed E-state index contributed by atoms with van der Waals surface area (Å²) in [4.78, 5) is 34.1. The van der Waals surface area contributed by atoms with Gasteiger partial charge in [-0.15, -0.1) is 0 Å². The molecule has 0 saturated carbocycles. The lowest BCUT2D eigenvalue weighted by Gasteiger charge is -2.43. The largest absolute Gasteiger partial charge is 0.339 e. The number of carbonyl (C=O) groups excluding carboxylic acids is 2. The first-order valence-electron chi connectivity index (χ1n) is 11.5. The number of hydrogen-bond donors (Lipinski definition) is 1. The van der Waals surface area contributed by atoms with Crippen molar-refractivity contribution in [3.63, 3.8) is 0 Å². The molecule has 5 rings (SSSR count). The van der Waals surface area contributed by atoms with E-state index in [-0.39, 0.29) is 17.5 Å². The number of anilines is 1. The lowest BCUT2D eigenvalue weighted by molar-refractivity contribution is -0.125. The fraction of sp³-hybridized carbons (Fsp3) is 0.346. The van der Waals surface area contributed by atoms with Crippen LogP contribution in [0.3, 0.4) is 0 Å². The summed E-state index contributed by atoms with van der Waals surface area (Å²) in [6.07, 6.45) is 4.25. The summed E-state index contributed by atoms with van der Waals surface area (Å²) in [6.45, 7) is 2.75. The highest BCUT2D eigenvalue weighted by molar-refractivity contribution is 5.98. The number of likely N-dealkylation sites (tertiary alicyclic amines) is 1. The maximum Gasteiger partial charge on any atom is 0.247 e. The Morgan fingerprint density at radius 3 is 2.73 bits per heavy atom. The van der Waals surface area contributed by atoms with Crippen molar-refractivity contribution in [1.82, 2.24) is 15.2 Å². The normalized spacial score (nSPS) is 18.1. The second-order valence-corrected chi connectivity index (χ2v) is 8.89. The van der Waals surface area contributed by atoms with Crippen LogP contribution in [0.1, 0.15) is 36.0 Å². The lowest BCUT2D eigenvalue weighted by Crippen LogP contribution is -2.56. The van der Waals surface area contributed by atoms with Crippen molar-refractivity contribution in [2.24, 2.45) is 0 Å². The molecule has 6 nitrogen and oxygen atoms in total. The van der Waals surface area contributed by atoms with Gasteiger partial charge in [0.25, 0.3) is 0 Å². The molecule has 3 heterocycles. The summed E-state index contributed by atoms with van der Waals surface area (Å²) < 4.78 is 13.8. The van der Waals surface area contributed by atoms with Crippen LogP contribution in [0.25, 0.3) is 10.9 Å². The number of halogens is 1. The zero-order valence-electron chi connectivity index (χ0n) is 18.5. The monoisotopic (exact) mass is 446 g/mol. The number of benzene rings is 2. The summed E-state index contributed by atoms with van der Waals surface area (Å²) in [5.74, 6) is -0.176. The molecule has 2 aliphatic rings. The molecule has 3 aromatic rings. The number of pyridine rings is 1. The minimum Gasteiger partial charge on any atom is -0.339 e. The number of hydrogen-bond acceptors (Lipinski definition) is 5. The SMILES string of the molecule is O=C(CCCN1CCC2(CC1)C(=O)NCN2c1cccc(F)c1)c1cnc2ccccc2c1. The van der Waals surface area contributed by atoms with Gasteiger partial charge in [-0.3, -0.25) is 14.6 Å². The van der Waals surface area contributed by atoms with Gasteiger partial charge in [0.05, 0.1) is 12.2 Å². The Morgan fingerprint density at radius 1 is 1.09 bits per heavy atom. The van der Waals surface area contributed by atoms with Crippen LogP contribution < -0.4 is 10.2 Å². The molecule has 0 bridgehead atoms. The number of nitrogens with one attached hydrogen (secondary N) is 1. The standard InChI is InChI=1S/C26H27FN4O2/c27-21-6-3-7-22(16-21)31-18-29-25(33)26(31)10-13-30(14-11-26)12-4-9-24(32)20-15-19-5-1-2-8-23(19)28-17-20/h1-3,5-8,15-17H,4,9-14,18H2,(H,29,33). The fourth-order valence-electron chi connectivity index (χ4n) is 5.05. The molecule has 2 aliphatic heterocycles. The number of fused-ring (bicyclic) bond motifs is 1. The van der Waals surface area contributed by atoms with E-state index in [4.69, 9.17) is 0 Å². The van der Waals surface area contributed by atoms with E-state index in [9.17, 15) is 14.0 Å². The van der Waals surface area contributed by atoms with E-state index in [0.717, 1.165) is 42.6 Å². The van der Waals surface area contributed by atoms with Gasteiger partial charge < -0.3 is 15.1 Å². The highest BCUT2D eigenvalue weighted by atomic mass is 19.1. The Bertz CT molecular complexity index is 1190. The first-order valence-corrected chi connectivity index (χ1v) is 11.5. The van der Waals surface area contributed by atoms with Gasteiger partial charge in [-0.25, -0.2) is 4.39 Å². The molecule has 1 aromatic heterocycles. The second kappa shape index (κ2) is 8.90. The Labute approximate surface area is 192 Å². The molecular weight excluding hydrogens is 419 g/mol. The highest BCUT2D eigenvalue weighted by Gasteiger charge is 2.50. The van der Waals surface area contributed by atoms with Crippen molar-refractivity contribution in [1.29, 1.82) is 0 Å². The number of para-hydroxylation sites is 1. The van der Waals surface area contributed by atoms with Gasteiger partial charge in [-0.1, -0.05) is 24.3 Å². The number of amides is 1. The molecule has 7 heteroatoms. The molecule has 2 saturated heterocycles. The minimum atomic E-state index is -0.628. The van der Waals surface area contributed by atoms with Crippen molar-refractivity contribution in [2.75, 3.05) is 31.2 Å². The maximum absolute atomic E-state index is 13.8. The number of carbonyl (C=O) groups is 2. The summed E-state index contributed by atoms with van der Waals surface area (Å²) in [6, 6.07) is 16.1. The van der Waals surface area contributed by atoms with Gasteiger partial charge >= 0.3 is 0 Å². The number of nitrogens with zero attached hydrogens (tertiary/aromatic N) is 3. The third-order valence-electron chi connectivity index (χ3n) is 6.93. The summed E-state index contributed by atoms with van der Waals surface area (Å²) in [5, 5.41) is 3.92. The predicted octanol–water partition coefficient (Wildman–Crippen LogP) is 3.77. The molecule has 0 aliphatic carbocycles. The quantitative estimate of drug-likeness (QED) is 0.584. The van der Waals surface area contributed by atoms with E-state index in [1.165, 1.54) is 12.1 Å². The molecular formula is C26H27FN4O2. The Hall–Kier alpha value is -3.32. The van der Waals surface area contributed by atoms with Gasteiger partial charge in [0.1, 0.15) is 11.4 Å². The van der Waals surface area contributed by atoms with E-state index in [0.29, 0.717) is 31.5 Å². The Morgan fingerprint density at radius 2 is 1.91 bits per heavy atom. The van der Waals surface area contributed by atoms with E-state index < -0.39 is 5.54 Å². The van der Waals surface area contributed by atoms with E-state index in [2.05, 4.69) is 15.2 Å². The van der Waals surface area contributed by atoms with Gasteiger partial charge in [-0.05, 0) is 56.1 Å². The molecule has 2 fully saturated rings. The van der Waals surface area contributed by atoms with Crippen LogP contribution in [0.5, 0.6) is 0 Å². The summed E-state index contributed by atoms with van der Waals surface area (Å²) in [7, 11) is 0. The van der Waals surface area contributed by atoms with Crippen LogP contribution in [0.15, 0.2) is 60.8 Å². The molecule has 1 amide bonds. The number of rotatable bonds is 6. The molecule has 0 radical (unpaired) electrons. The number of aromatic nitrogens is 1. The third-order valence-corrected chi connectivity index (χ3v) is 6.93. The zero-order valence-corrected chi connectivity index (χ0v) is 18.5. The average Bonchev–Trinajstić information content (AvgIpc) is 3.15. The van der Waals surface area contributed by atoms with Gasteiger partial charge in [-0.2, -0.15) is 0 Å². The number of piperidine rings is 1. The molecule has 2 aromatic carbocycles. The average molecular weight is 447 g/mol. The summed E-state index contributed by atoms with van der Waals surface area (Å²) >= 11 is 0. The summed E-state index contributed by atoms with van der Waals surface area (Å²) in [5.41, 5.74) is 1.65. The van der Waals surface area contributed by atoms with Crippen molar-refractivity contribution >= 4 is 28.3 Å². The van der Waals surface area contributed by atoms with Crippen molar-refractivity contribution in [3.8, 4) is 0 Å². The fourth-order valence-corrected chi connectivity index (χ4v) is 5.05. The van der Waals surface area contributed by atoms with Crippen LogP contribution in [0.4, 0.5) is 10.1 Å². The lowest BCUT2D eigenvalue weighted by atomic mass is 9.85. The van der Waals surface area contributed by atoms with E-state index in [1.54, 1.807) is 12.3 Å². The van der Waals surface area contributed by atoms with Crippen molar-refractivity contribution < 1.29 is 14.0 Å². The van der Waals surface area contributed by atoms with Crippen LogP contribution >= 0.6 is 0 Å². The Balaban J connectivity index is 1.16. The van der Waals surface area contributed by atoms with Crippen LogP contribution in [-0.4, -0.2) is 53.4 Å². The zero-order chi connectivity index (χ0) is 22.8. The minimum absolute atomic E-state index is 0.0189. The smallest absolute Gasteiger partial charge is 0.247 e. The van der Waals surface area contributed by atoms with Crippen LogP contribution in [-0.2, 0) is 4.79 Å². The van der Waals surface area contributed by atoms with E-state index >= 15 is 0 Å². The topological polar surface area (TPSA) is 65.5 Å². The first kappa shape index (κ1) is 21.5. The number of Topliss-reactive ketones (excluding diaryl/α,β-unsaturated/α-hetero) is 1. The van der Waals surface area contributed by atoms with Crippen molar-refractivity contribution in [3.05, 3.63) is 72.2 Å².